The maximum atomic E-state index is 3.72. The Kier molecular flexibility index (Phi) is 13.6. The molecule has 0 aliphatic rings. The van der Waals surface area contributed by atoms with Gasteiger partial charge >= 0.3 is 46.9 Å². The summed E-state index contributed by atoms with van der Waals surface area (Å²) in [5.41, 5.74) is 1.07. The van der Waals surface area contributed by atoms with Gasteiger partial charge in [0.25, 0.3) is 0 Å². The van der Waals surface area contributed by atoms with E-state index in [4.69, 9.17) is 0 Å². The molecule has 1 heteroatoms. The first kappa shape index (κ1) is 14.2. The Morgan fingerprint density at radius 2 is 1.45 bits per heavy atom. The molecular weight excluding hydrogens is 293 g/mol. The Labute approximate surface area is 109 Å². The van der Waals surface area contributed by atoms with E-state index in [2.05, 4.69) is 6.92 Å². The van der Waals surface area contributed by atoms with E-state index in [0.717, 1.165) is 5.56 Å². The number of hydrogen-bond acceptors (Lipinski definition) is 0. The Balaban J connectivity index is 0. The molecule has 0 N–H and O–H groups in total. The van der Waals surface area contributed by atoms with E-state index >= 15 is 0 Å². The van der Waals surface area contributed by atoms with Crippen molar-refractivity contribution >= 4 is 0 Å². The van der Waals surface area contributed by atoms with E-state index in [0.29, 0.717) is 0 Å². The third kappa shape index (κ3) is 10.6. The van der Waals surface area contributed by atoms with Crippen molar-refractivity contribution in [1.82, 2.24) is 0 Å². The van der Waals surface area contributed by atoms with Crippen LogP contribution in [0.25, 0.3) is 0 Å². The van der Waals surface area contributed by atoms with Crippen molar-refractivity contribution in [3.05, 3.63) is 49.2 Å². The van der Waals surface area contributed by atoms with Gasteiger partial charge in [0.1, 0.15) is 0 Å². The average Bonchev–Trinajstić information content (AvgIpc) is 1.91. The Morgan fingerprint density at radius 3 is 1.64 bits per heavy atom. The predicted molar refractivity (Wildman–Crippen MR) is 46.5 cm³/mol. The van der Waals surface area contributed by atoms with Crippen LogP contribution in [0.3, 0.4) is 0 Å². The minimum absolute atomic E-state index is 0. The van der Waals surface area contributed by atoms with Gasteiger partial charge < -0.3 is 6.42 Å². The van der Waals surface area contributed by atoms with Gasteiger partial charge in [-0.2, -0.15) is 38.5 Å². The van der Waals surface area contributed by atoms with Crippen molar-refractivity contribution in [2.75, 3.05) is 0 Å². The third-order valence-corrected chi connectivity index (χ3v) is 0.843. The van der Waals surface area contributed by atoms with Crippen LogP contribution in [-0.4, -0.2) is 0 Å². The first-order chi connectivity index (χ1) is 4.81. The molecule has 11 heavy (non-hydrogen) atoms. The fourth-order valence-electron chi connectivity index (χ4n) is 0.478. The molecule has 1 aromatic carbocycles. The molecule has 0 radical (unpaired) electrons. The molecule has 0 aliphatic heterocycles. The molecule has 0 bridgehead atoms. The molecule has 0 atom stereocenters. The SMILES string of the molecule is C[CH-]C.[CH2-]c1ccccc1.[Yb+2]. The molecule has 1 aromatic rings. The van der Waals surface area contributed by atoms with Crippen LogP contribution in [0.4, 0.5) is 0 Å². The summed E-state index contributed by atoms with van der Waals surface area (Å²) in [6, 6.07) is 9.87. The van der Waals surface area contributed by atoms with Gasteiger partial charge in [-0.25, -0.2) is 0 Å². The number of hydrogen-bond donors (Lipinski definition) is 0. The zero-order valence-electron chi connectivity index (χ0n) is 6.94. The van der Waals surface area contributed by atoms with E-state index in [1.54, 1.807) is 0 Å². The van der Waals surface area contributed by atoms with E-state index in [9.17, 15) is 0 Å². The minimum Gasteiger partial charge on any atom is -0.335 e. The van der Waals surface area contributed by atoms with Crippen LogP contribution in [0.5, 0.6) is 0 Å². The summed E-state index contributed by atoms with van der Waals surface area (Å²) in [6.07, 6.45) is 2.00. The monoisotopic (exact) mass is 308 g/mol. The zero-order valence-corrected chi connectivity index (χ0v) is 8.65. The molecule has 1 rings (SSSR count). The van der Waals surface area contributed by atoms with E-state index in [-0.39, 0.29) is 46.9 Å². The van der Waals surface area contributed by atoms with E-state index in [1.165, 1.54) is 0 Å². The first-order valence-corrected chi connectivity index (χ1v) is 3.42. The maximum Gasteiger partial charge on any atom is 2.00 e. The average molecular weight is 307 g/mol. The Hall–Kier alpha value is 0.609. The fraction of sp³-hybridized carbons (Fsp3) is 0.200. The summed E-state index contributed by atoms with van der Waals surface area (Å²) in [5, 5.41) is 0. The van der Waals surface area contributed by atoms with Crippen molar-refractivity contribution in [3.63, 3.8) is 0 Å². The molecule has 0 nitrogen and oxygen atoms in total. The molecule has 0 saturated heterocycles. The van der Waals surface area contributed by atoms with Gasteiger partial charge in [-0.1, -0.05) is 6.07 Å². The Bertz CT molecular complexity index is 146. The second-order valence-corrected chi connectivity index (χ2v) is 2.06. The van der Waals surface area contributed by atoms with Crippen LogP contribution in [0.1, 0.15) is 19.4 Å². The van der Waals surface area contributed by atoms with Gasteiger partial charge in [0.05, 0.1) is 0 Å². The molecule has 0 spiro atoms. The first-order valence-electron chi connectivity index (χ1n) is 3.42. The van der Waals surface area contributed by atoms with Crippen molar-refractivity contribution in [2.45, 2.75) is 13.8 Å². The summed E-state index contributed by atoms with van der Waals surface area (Å²) >= 11 is 0. The molecule has 0 aliphatic carbocycles. The van der Waals surface area contributed by atoms with Crippen molar-refractivity contribution in [3.8, 4) is 0 Å². The standard InChI is InChI=1S/C7H7.C3H7.Yb/c1-7-5-3-2-4-6-7;1-3-2;/h2-6H,1H2;3H,1-2H3;/q2*-1;+2. The third-order valence-electron chi connectivity index (χ3n) is 0.843. The molecule has 0 aromatic heterocycles. The zero-order chi connectivity index (χ0) is 7.82. The van der Waals surface area contributed by atoms with E-state index in [1.807, 2.05) is 50.6 Å². The maximum absolute atomic E-state index is 3.72. The molecular formula is C10H14Yb. The van der Waals surface area contributed by atoms with Gasteiger partial charge in [0, 0.05) is 0 Å². The summed E-state index contributed by atoms with van der Waals surface area (Å²) in [5.74, 6) is 0. The fourth-order valence-corrected chi connectivity index (χ4v) is 0.478. The van der Waals surface area contributed by atoms with Crippen molar-refractivity contribution < 1.29 is 46.9 Å². The minimum atomic E-state index is 0. The van der Waals surface area contributed by atoms with Crippen LogP contribution >= 0.6 is 0 Å². The van der Waals surface area contributed by atoms with Crippen LogP contribution < -0.4 is 0 Å². The van der Waals surface area contributed by atoms with Gasteiger partial charge in [0.15, 0.2) is 0 Å². The van der Waals surface area contributed by atoms with Crippen LogP contribution in [0, 0.1) is 60.3 Å². The summed E-state index contributed by atoms with van der Waals surface area (Å²) in [4.78, 5) is 0. The smallest absolute Gasteiger partial charge is 0.335 e. The van der Waals surface area contributed by atoms with Gasteiger partial charge in [-0.05, 0) is 0 Å². The van der Waals surface area contributed by atoms with Gasteiger partial charge in [-0.3, -0.25) is 0 Å². The molecule has 68 valence electrons. The Morgan fingerprint density at radius 1 is 1.09 bits per heavy atom. The molecule has 0 saturated carbocycles. The summed E-state index contributed by atoms with van der Waals surface area (Å²) in [6.45, 7) is 7.72. The quantitative estimate of drug-likeness (QED) is 0.646. The molecule has 0 fully saturated rings. The molecule has 0 heterocycles. The molecule has 0 unspecified atom stereocenters. The number of benzene rings is 1. The van der Waals surface area contributed by atoms with E-state index < -0.39 is 0 Å². The van der Waals surface area contributed by atoms with Crippen molar-refractivity contribution in [2.24, 2.45) is 0 Å². The summed E-state index contributed by atoms with van der Waals surface area (Å²) < 4.78 is 0. The normalized spacial score (nSPS) is 7.09. The molecule has 0 amide bonds. The topological polar surface area (TPSA) is 0 Å². The van der Waals surface area contributed by atoms with Crippen molar-refractivity contribution in [1.29, 1.82) is 0 Å². The van der Waals surface area contributed by atoms with Crippen LogP contribution in [0.2, 0.25) is 0 Å². The predicted octanol–water partition coefficient (Wildman–Crippen LogP) is 3.10. The largest absolute Gasteiger partial charge is 2.00 e. The number of rotatable bonds is 0. The second-order valence-electron chi connectivity index (χ2n) is 2.06. The van der Waals surface area contributed by atoms with Crippen LogP contribution in [-0.2, 0) is 0 Å². The van der Waals surface area contributed by atoms with Crippen LogP contribution in [0.15, 0.2) is 30.3 Å². The summed E-state index contributed by atoms with van der Waals surface area (Å²) in [7, 11) is 0. The second kappa shape index (κ2) is 10.6. The van der Waals surface area contributed by atoms with Gasteiger partial charge in [-0.15, -0.1) is 12.1 Å². The van der Waals surface area contributed by atoms with Gasteiger partial charge in [0.2, 0.25) is 0 Å².